The topological polar surface area (TPSA) is 72.5 Å². The van der Waals surface area contributed by atoms with E-state index in [4.69, 9.17) is 0 Å². The Hall–Kier alpha value is -1.77. The number of carbonyl (C=O) groups is 1. The minimum Gasteiger partial charge on any atom is -0.358 e. The number of halogens is 1. The van der Waals surface area contributed by atoms with Crippen LogP contribution in [0.5, 0.6) is 0 Å². The molecule has 0 saturated carbocycles. The number of carbonyl (C=O) groups excluding carboxylic acids is 1. The number of H-pyrrole nitrogens is 1. The summed E-state index contributed by atoms with van der Waals surface area (Å²) in [5.74, 6) is 0.680. The number of benzene rings is 1. The third-order valence-corrected chi connectivity index (χ3v) is 4.11. The van der Waals surface area contributed by atoms with Crippen molar-refractivity contribution in [1.29, 1.82) is 0 Å². The van der Waals surface area contributed by atoms with Crippen LogP contribution in [0.4, 0.5) is 0 Å². The molecule has 1 amide bonds. The molecule has 0 aliphatic carbocycles. The number of rotatable bonds is 7. The van der Waals surface area contributed by atoms with Gasteiger partial charge in [-0.2, -0.15) is 0 Å². The van der Waals surface area contributed by atoms with Crippen LogP contribution in [-0.2, 0) is 11.2 Å². The molecule has 2 rings (SSSR count). The van der Waals surface area contributed by atoms with Gasteiger partial charge in [0.15, 0.2) is 5.96 Å². The fourth-order valence-corrected chi connectivity index (χ4v) is 2.67. The largest absolute Gasteiger partial charge is 0.358 e. The van der Waals surface area contributed by atoms with Crippen LogP contribution in [0.15, 0.2) is 29.3 Å². The van der Waals surface area contributed by atoms with Crippen molar-refractivity contribution in [2.45, 2.75) is 26.7 Å². The molecule has 0 spiro atoms. The standard InChI is InChI=1S/C19H29N5O.HI/c1-5-11-20-19(22-13-18(25)24(3)4)21-12-10-15-14(2)23-17-9-7-6-8-16(15)17;/h6-9,23H,5,10-13H2,1-4H3,(H2,20,21,22);1H. The average molecular weight is 471 g/mol. The summed E-state index contributed by atoms with van der Waals surface area (Å²) in [5.41, 5.74) is 3.69. The monoisotopic (exact) mass is 471 g/mol. The highest BCUT2D eigenvalue weighted by atomic mass is 127. The summed E-state index contributed by atoms with van der Waals surface area (Å²) in [6, 6.07) is 8.35. The number of nitrogens with zero attached hydrogens (tertiary/aromatic N) is 2. The number of aryl methyl sites for hydroxylation is 1. The Bertz CT molecular complexity index is 739. The molecule has 0 aliphatic rings. The number of amides is 1. The number of guanidine groups is 1. The average Bonchev–Trinajstić information content (AvgIpc) is 2.92. The quantitative estimate of drug-likeness (QED) is 0.331. The van der Waals surface area contributed by atoms with E-state index in [1.54, 1.807) is 19.0 Å². The number of aromatic nitrogens is 1. The first-order chi connectivity index (χ1) is 12.0. The third kappa shape index (κ3) is 6.19. The van der Waals surface area contributed by atoms with Crippen molar-refractivity contribution >= 4 is 46.7 Å². The Morgan fingerprint density at radius 3 is 2.58 bits per heavy atom. The Labute approximate surface area is 172 Å². The predicted molar refractivity (Wildman–Crippen MR) is 119 cm³/mol. The molecular weight excluding hydrogens is 441 g/mol. The van der Waals surface area contributed by atoms with Crippen molar-refractivity contribution in [2.24, 2.45) is 4.99 Å². The minimum absolute atomic E-state index is 0. The molecule has 0 radical (unpaired) electrons. The molecule has 0 saturated heterocycles. The van der Waals surface area contributed by atoms with Crippen molar-refractivity contribution in [3.63, 3.8) is 0 Å². The van der Waals surface area contributed by atoms with Crippen LogP contribution < -0.4 is 10.6 Å². The number of fused-ring (bicyclic) bond motifs is 1. The Kier molecular flexibility index (Phi) is 9.47. The van der Waals surface area contributed by atoms with Gasteiger partial charge in [0, 0.05) is 43.8 Å². The van der Waals surface area contributed by atoms with Gasteiger partial charge in [-0.25, -0.2) is 4.99 Å². The van der Waals surface area contributed by atoms with E-state index in [0.29, 0.717) is 5.96 Å². The maximum atomic E-state index is 11.7. The number of hydrogen-bond donors (Lipinski definition) is 3. The second-order valence-corrected chi connectivity index (χ2v) is 6.33. The molecule has 7 heteroatoms. The first kappa shape index (κ1) is 22.3. The molecule has 1 heterocycles. The lowest BCUT2D eigenvalue weighted by Crippen LogP contribution is -2.39. The van der Waals surface area contributed by atoms with Gasteiger partial charge >= 0.3 is 0 Å². The third-order valence-electron chi connectivity index (χ3n) is 4.11. The molecule has 0 aliphatic heterocycles. The number of aromatic amines is 1. The molecule has 1 aromatic carbocycles. The summed E-state index contributed by atoms with van der Waals surface area (Å²) < 4.78 is 0. The molecular formula is C19H30IN5O. The van der Waals surface area contributed by atoms with Gasteiger partial charge in [0.2, 0.25) is 5.91 Å². The fourth-order valence-electron chi connectivity index (χ4n) is 2.67. The molecule has 3 N–H and O–H groups in total. The van der Waals surface area contributed by atoms with Gasteiger partial charge in [0.25, 0.3) is 0 Å². The second kappa shape index (κ2) is 11.1. The van der Waals surface area contributed by atoms with Crippen LogP contribution in [0.2, 0.25) is 0 Å². The molecule has 0 atom stereocenters. The maximum absolute atomic E-state index is 11.7. The van der Waals surface area contributed by atoms with E-state index in [-0.39, 0.29) is 36.4 Å². The predicted octanol–water partition coefficient (Wildman–Crippen LogP) is 2.67. The van der Waals surface area contributed by atoms with E-state index in [0.717, 1.165) is 25.9 Å². The molecule has 26 heavy (non-hydrogen) atoms. The van der Waals surface area contributed by atoms with Crippen molar-refractivity contribution < 1.29 is 4.79 Å². The lowest BCUT2D eigenvalue weighted by Gasteiger charge is -2.13. The summed E-state index contributed by atoms with van der Waals surface area (Å²) in [6.07, 6.45) is 1.90. The lowest BCUT2D eigenvalue weighted by atomic mass is 10.1. The highest BCUT2D eigenvalue weighted by molar-refractivity contribution is 14.0. The Balaban J connectivity index is 0.00000338. The van der Waals surface area contributed by atoms with E-state index in [1.165, 1.54) is 22.2 Å². The second-order valence-electron chi connectivity index (χ2n) is 6.33. The van der Waals surface area contributed by atoms with Crippen molar-refractivity contribution in [1.82, 2.24) is 20.5 Å². The molecule has 1 aromatic heterocycles. The van der Waals surface area contributed by atoms with Crippen LogP contribution >= 0.6 is 24.0 Å². The molecule has 6 nitrogen and oxygen atoms in total. The van der Waals surface area contributed by atoms with Gasteiger partial charge in [-0.1, -0.05) is 25.1 Å². The van der Waals surface area contributed by atoms with Gasteiger partial charge in [-0.3, -0.25) is 4.79 Å². The number of likely N-dealkylation sites (N-methyl/N-ethyl adjacent to an activating group) is 1. The molecule has 0 fully saturated rings. The van der Waals surface area contributed by atoms with Crippen LogP contribution in [-0.4, -0.2) is 55.5 Å². The summed E-state index contributed by atoms with van der Waals surface area (Å²) in [7, 11) is 3.48. The van der Waals surface area contributed by atoms with Gasteiger partial charge in [-0.05, 0) is 31.4 Å². The van der Waals surface area contributed by atoms with Crippen LogP contribution in [0.1, 0.15) is 24.6 Å². The zero-order valence-electron chi connectivity index (χ0n) is 16.1. The SMILES string of the molecule is CCCNC(=NCC(=O)N(C)C)NCCc1c(C)[nH]c2ccccc12.I. The molecule has 0 bridgehead atoms. The van der Waals surface area contributed by atoms with Crippen molar-refractivity contribution in [2.75, 3.05) is 33.7 Å². The zero-order chi connectivity index (χ0) is 18.2. The number of aliphatic imine (C=N–C) groups is 1. The molecule has 144 valence electrons. The maximum Gasteiger partial charge on any atom is 0.243 e. The Morgan fingerprint density at radius 2 is 1.88 bits per heavy atom. The van der Waals surface area contributed by atoms with E-state index in [9.17, 15) is 4.79 Å². The zero-order valence-corrected chi connectivity index (χ0v) is 18.4. The van der Waals surface area contributed by atoms with Crippen LogP contribution in [0, 0.1) is 6.92 Å². The van der Waals surface area contributed by atoms with E-state index in [2.05, 4.69) is 52.7 Å². The normalized spacial score (nSPS) is 11.2. The first-order valence-corrected chi connectivity index (χ1v) is 8.81. The summed E-state index contributed by atoms with van der Waals surface area (Å²) >= 11 is 0. The number of para-hydroxylation sites is 1. The highest BCUT2D eigenvalue weighted by Crippen LogP contribution is 2.21. The highest BCUT2D eigenvalue weighted by Gasteiger charge is 2.08. The smallest absolute Gasteiger partial charge is 0.243 e. The van der Waals surface area contributed by atoms with Crippen LogP contribution in [0.3, 0.4) is 0 Å². The van der Waals surface area contributed by atoms with E-state index >= 15 is 0 Å². The van der Waals surface area contributed by atoms with Crippen LogP contribution in [0.25, 0.3) is 10.9 Å². The minimum atomic E-state index is -0.00919. The summed E-state index contributed by atoms with van der Waals surface area (Å²) in [5, 5.41) is 7.86. The number of nitrogens with one attached hydrogen (secondary N) is 3. The van der Waals surface area contributed by atoms with Crippen molar-refractivity contribution in [3.8, 4) is 0 Å². The van der Waals surface area contributed by atoms with Gasteiger partial charge < -0.3 is 20.5 Å². The first-order valence-electron chi connectivity index (χ1n) is 8.81. The molecule has 2 aromatic rings. The van der Waals surface area contributed by atoms with Crippen molar-refractivity contribution in [3.05, 3.63) is 35.5 Å². The van der Waals surface area contributed by atoms with E-state index in [1.807, 2.05) is 6.07 Å². The lowest BCUT2D eigenvalue weighted by molar-refractivity contribution is -0.127. The fraction of sp³-hybridized carbons (Fsp3) is 0.474. The van der Waals surface area contributed by atoms with Gasteiger partial charge in [-0.15, -0.1) is 24.0 Å². The van der Waals surface area contributed by atoms with Gasteiger partial charge in [0.05, 0.1) is 0 Å². The molecule has 0 unspecified atom stereocenters. The Morgan fingerprint density at radius 1 is 1.19 bits per heavy atom. The summed E-state index contributed by atoms with van der Waals surface area (Å²) in [4.78, 5) is 21.1. The van der Waals surface area contributed by atoms with Gasteiger partial charge in [0.1, 0.15) is 6.54 Å². The number of hydrogen-bond acceptors (Lipinski definition) is 2. The van der Waals surface area contributed by atoms with E-state index < -0.39 is 0 Å². The summed E-state index contributed by atoms with van der Waals surface area (Å²) in [6.45, 7) is 5.95.